The van der Waals surface area contributed by atoms with Gasteiger partial charge >= 0.3 is 0 Å². The summed E-state index contributed by atoms with van der Waals surface area (Å²) in [6.45, 7) is 1.74. The van der Waals surface area contributed by atoms with Crippen LogP contribution >= 0.6 is 0 Å². The molecular formula is C15H23N3O2. The van der Waals surface area contributed by atoms with Gasteiger partial charge in [0, 0.05) is 24.7 Å². The molecule has 5 nitrogen and oxygen atoms in total. The quantitative estimate of drug-likeness (QED) is 0.639. The van der Waals surface area contributed by atoms with Crippen LogP contribution in [0.15, 0.2) is 24.3 Å². The molecular weight excluding hydrogens is 254 g/mol. The van der Waals surface area contributed by atoms with Gasteiger partial charge in [0.25, 0.3) is 5.69 Å². The van der Waals surface area contributed by atoms with E-state index in [0.29, 0.717) is 12.0 Å². The van der Waals surface area contributed by atoms with E-state index in [1.807, 2.05) is 12.1 Å². The van der Waals surface area contributed by atoms with Crippen LogP contribution in [0.1, 0.15) is 24.8 Å². The number of nitro benzene ring substituents is 1. The van der Waals surface area contributed by atoms with Crippen molar-refractivity contribution in [2.24, 2.45) is 11.7 Å². The van der Waals surface area contributed by atoms with Gasteiger partial charge in [-0.1, -0.05) is 18.6 Å². The summed E-state index contributed by atoms with van der Waals surface area (Å²) in [5.74, 6) is 0.622. The molecule has 0 radical (unpaired) electrons. The Kier molecular flexibility index (Phi) is 5.09. The van der Waals surface area contributed by atoms with Crippen LogP contribution in [0, 0.1) is 16.0 Å². The summed E-state index contributed by atoms with van der Waals surface area (Å²) in [4.78, 5) is 12.6. The van der Waals surface area contributed by atoms with Gasteiger partial charge in [0.2, 0.25) is 0 Å². The lowest BCUT2D eigenvalue weighted by Crippen LogP contribution is -2.38. The maximum Gasteiger partial charge on any atom is 0.269 e. The number of hydrogen-bond acceptors (Lipinski definition) is 4. The van der Waals surface area contributed by atoms with Gasteiger partial charge in [0.15, 0.2) is 0 Å². The molecule has 0 spiro atoms. The number of nitrogens with two attached hydrogens (primary N) is 1. The molecule has 1 aliphatic rings. The molecule has 0 heterocycles. The highest BCUT2D eigenvalue weighted by molar-refractivity contribution is 5.32. The van der Waals surface area contributed by atoms with Crippen LogP contribution in [-0.4, -0.2) is 36.0 Å². The second-order valence-electron chi connectivity index (χ2n) is 5.65. The third-order valence-electron chi connectivity index (χ3n) is 4.39. The minimum absolute atomic E-state index is 0.154. The molecule has 2 rings (SSSR count). The van der Waals surface area contributed by atoms with E-state index < -0.39 is 0 Å². The van der Waals surface area contributed by atoms with Crippen molar-refractivity contribution in [1.82, 2.24) is 4.90 Å². The van der Waals surface area contributed by atoms with Crippen LogP contribution in [0.25, 0.3) is 0 Å². The molecule has 1 saturated carbocycles. The lowest BCUT2D eigenvalue weighted by molar-refractivity contribution is -0.384. The molecule has 20 heavy (non-hydrogen) atoms. The van der Waals surface area contributed by atoms with Crippen molar-refractivity contribution < 1.29 is 4.92 Å². The Bertz CT molecular complexity index is 447. The third-order valence-corrected chi connectivity index (χ3v) is 4.39. The molecule has 0 aliphatic heterocycles. The highest BCUT2D eigenvalue weighted by Crippen LogP contribution is 2.28. The molecule has 0 aromatic heterocycles. The van der Waals surface area contributed by atoms with E-state index in [0.717, 1.165) is 25.1 Å². The van der Waals surface area contributed by atoms with E-state index in [4.69, 9.17) is 5.73 Å². The van der Waals surface area contributed by atoms with Crippen molar-refractivity contribution in [3.8, 4) is 0 Å². The average molecular weight is 277 g/mol. The van der Waals surface area contributed by atoms with E-state index in [1.54, 1.807) is 12.1 Å². The van der Waals surface area contributed by atoms with Gasteiger partial charge in [-0.2, -0.15) is 0 Å². The van der Waals surface area contributed by atoms with Crippen LogP contribution in [0.5, 0.6) is 0 Å². The predicted octanol–water partition coefficient (Wildman–Crippen LogP) is 2.20. The number of benzene rings is 1. The van der Waals surface area contributed by atoms with E-state index in [9.17, 15) is 10.1 Å². The Labute approximate surface area is 119 Å². The zero-order valence-corrected chi connectivity index (χ0v) is 12.0. The maximum atomic E-state index is 10.6. The van der Waals surface area contributed by atoms with E-state index >= 15 is 0 Å². The SMILES string of the molecule is CN(CCc1ccc([N+](=O)[O-])cc1)C1CCCC1CN. The summed E-state index contributed by atoms with van der Waals surface area (Å²) in [7, 11) is 2.16. The minimum atomic E-state index is -0.361. The van der Waals surface area contributed by atoms with Gasteiger partial charge < -0.3 is 10.6 Å². The second kappa shape index (κ2) is 6.81. The first-order valence-corrected chi connectivity index (χ1v) is 7.25. The molecule has 2 N–H and O–H groups in total. The summed E-state index contributed by atoms with van der Waals surface area (Å²) < 4.78 is 0. The molecule has 110 valence electrons. The lowest BCUT2D eigenvalue weighted by Gasteiger charge is -2.29. The topological polar surface area (TPSA) is 72.4 Å². The first-order chi connectivity index (χ1) is 9.61. The summed E-state index contributed by atoms with van der Waals surface area (Å²) in [6.07, 6.45) is 4.67. The molecule has 0 bridgehead atoms. The van der Waals surface area contributed by atoms with Gasteiger partial charge in [0.1, 0.15) is 0 Å². The van der Waals surface area contributed by atoms with Crippen LogP contribution in [0.3, 0.4) is 0 Å². The number of rotatable bonds is 6. The van der Waals surface area contributed by atoms with Gasteiger partial charge in [0.05, 0.1) is 4.92 Å². The standard InChI is InChI=1S/C15H23N3O2/c1-17(15-4-2-3-13(15)11-16)10-9-12-5-7-14(8-6-12)18(19)20/h5-8,13,15H,2-4,9-11,16H2,1H3. The number of non-ortho nitro benzene ring substituents is 1. The fourth-order valence-corrected chi connectivity index (χ4v) is 3.13. The molecule has 0 amide bonds. The number of likely N-dealkylation sites (N-methyl/N-ethyl adjacent to an activating group) is 1. The Balaban J connectivity index is 1.86. The number of hydrogen-bond donors (Lipinski definition) is 1. The molecule has 5 heteroatoms. The Morgan fingerprint density at radius 1 is 1.35 bits per heavy atom. The fourth-order valence-electron chi connectivity index (χ4n) is 3.13. The van der Waals surface area contributed by atoms with Crippen LogP contribution in [-0.2, 0) is 6.42 Å². The molecule has 2 unspecified atom stereocenters. The zero-order valence-electron chi connectivity index (χ0n) is 12.0. The van der Waals surface area contributed by atoms with Crippen molar-refractivity contribution in [2.75, 3.05) is 20.1 Å². The maximum absolute atomic E-state index is 10.6. The van der Waals surface area contributed by atoms with Gasteiger partial charge in [-0.3, -0.25) is 10.1 Å². The molecule has 1 aromatic rings. The van der Waals surface area contributed by atoms with Crippen molar-refractivity contribution in [3.63, 3.8) is 0 Å². The Hall–Kier alpha value is -1.46. The van der Waals surface area contributed by atoms with Crippen molar-refractivity contribution in [3.05, 3.63) is 39.9 Å². The predicted molar refractivity (Wildman–Crippen MR) is 79.6 cm³/mol. The summed E-state index contributed by atoms with van der Waals surface area (Å²) >= 11 is 0. The summed E-state index contributed by atoms with van der Waals surface area (Å²) in [5, 5.41) is 10.6. The van der Waals surface area contributed by atoms with Crippen LogP contribution in [0.2, 0.25) is 0 Å². The molecule has 2 atom stereocenters. The molecule has 1 fully saturated rings. The van der Waals surface area contributed by atoms with Crippen molar-refractivity contribution in [1.29, 1.82) is 0 Å². The van der Waals surface area contributed by atoms with E-state index in [-0.39, 0.29) is 10.6 Å². The second-order valence-corrected chi connectivity index (χ2v) is 5.65. The lowest BCUT2D eigenvalue weighted by atomic mass is 10.0. The van der Waals surface area contributed by atoms with E-state index in [2.05, 4.69) is 11.9 Å². The average Bonchev–Trinajstić information content (AvgIpc) is 2.93. The first-order valence-electron chi connectivity index (χ1n) is 7.25. The fraction of sp³-hybridized carbons (Fsp3) is 0.600. The zero-order chi connectivity index (χ0) is 14.5. The molecule has 1 aromatic carbocycles. The monoisotopic (exact) mass is 277 g/mol. The summed E-state index contributed by atoms with van der Waals surface area (Å²) in [5.41, 5.74) is 7.12. The normalized spacial score (nSPS) is 22.4. The first kappa shape index (κ1) is 14.9. The van der Waals surface area contributed by atoms with Gasteiger partial charge in [-0.05, 0) is 44.3 Å². The summed E-state index contributed by atoms with van der Waals surface area (Å²) in [6, 6.07) is 7.45. The molecule has 0 saturated heterocycles. The van der Waals surface area contributed by atoms with Crippen LogP contribution < -0.4 is 5.73 Å². The molecule has 1 aliphatic carbocycles. The van der Waals surface area contributed by atoms with Crippen LogP contribution in [0.4, 0.5) is 5.69 Å². The van der Waals surface area contributed by atoms with Gasteiger partial charge in [-0.15, -0.1) is 0 Å². The third kappa shape index (κ3) is 3.55. The van der Waals surface area contributed by atoms with E-state index in [1.165, 1.54) is 19.3 Å². The van der Waals surface area contributed by atoms with Crippen molar-refractivity contribution >= 4 is 5.69 Å². The Morgan fingerprint density at radius 3 is 2.65 bits per heavy atom. The Morgan fingerprint density at radius 2 is 2.05 bits per heavy atom. The smallest absolute Gasteiger partial charge is 0.269 e. The van der Waals surface area contributed by atoms with Crippen molar-refractivity contribution in [2.45, 2.75) is 31.7 Å². The van der Waals surface area contributed by atoms with Gasteiger partial charge in [-0.25, -0.2) is 0 Å². The minimum Gasteiger partial charge on any atom is -0.330 e. The largest absolute Gasteiger partial charge is 0.330 e. The number of nitro groups is 1. The highest BCUT2D eigenvalue weighted by atomic mass is 16.6. The highest BCUT2D eigenvalue weighted by Gasteiger charge is 2.28. The number of nitrogens with zero attached hydrogens (tertiary/aromatic N) is 2.